The van der Waals surface area contributed by atoms with Crippen molar-refractivity contribution in [3.05, 3.63) is 76.0 Å². The summed E-state index contributed by atoms with van der Waals surface area (Å²) in [6.45, 7) is -0.363. The monoisotopic (exact) mass is 406 g/mol. The first kappa shape index (κ1) is 18.9. The van der Waals surface area contributed by atoms with Crippen molar-refractivity contribution in [2.24, 2.45) is 0 Å². The molecule has 0 N–H and O–H groups in total. The maximum Gasteiger partial charge on any atom is 0.340 e. The van der Waals surface area contributed by atoms with E-state index < -0.39 is 5.97 Å². The smallest absolute Gasteiger partial charge is 0.340 e. The second kappa shape index (κ2) is 7.52. The number of nitrogens with zero attached hydrogens (tertiary/aromatic N) is 2. The minimum atomic E-state index is -0.643. The summed E-state index contributed by atoms with van der Waals surface area (Å²) >= 11 is 1.45. The van der Waals surface area contributed by atoms with E-state index in [9.17, 15) is 14.4 Å². The number of amides is 1. The molecule has 3 aromatic heterocycles. The summed E-state index contributed by atoms with van der Waals surface area (Å²) in [5, 5.41) is 2.84. The van der Waals surface area contributed by atoms with Crippen LogP contribution in [0.4, 0.5) is 0 Å². The second-order valence-electron chi connectivity index (χ2n) is 6.75. The van der Waals surface area contributed by atoms with Gasteiger partial charge in [0.2, 0.25) is 0 Å². The molecule has 0 aliphatic heterocycles. The number of carbonyl (C=O) groups is 2. The lowest BCUT2D eigenvalue weighted by Crippen LogP contribution is -2.28. The maximum atomic E-state index is 13.2. The molecule has 0 aliphatic rings. The third-order valence-electron chi connectivity index (χ3n) is 4.68. The standard InChI is InChI=1S/C22H18N2O4S/c1-23(2)18(25)13-28-22(27)17-12-16(14-6-4-3-5-7-14)21(26)24-10-8-15-9-11-29-20(15)19(17)24/h3-12H,13H2,1-2H3. The van der Waals surface area contributed by atoms with Crippen molar-refractivity contribution in [2.45, 2.75) is 0 Å². The van der Waals surface area contributed by atoms with E-state index in [0.29, 0.717) is 16.6 Å². The van der Waals surface area contributed by atoms with E-state index >= 15 is 0 Å². The van der Waals surface area contributed by atoms with Crippen LogP contribution >= 0.6 is 11.3 Å². The highest BCUT2D eigenvalue weighted by molar-refractivity contribution is 7.18. The van der Waals surface area contributed by atoms with Crippen molar-refractivity contribution >= 4 is 38.8 Å². The second-order valence-corrected chi connectivity index (χ2v) is 7.66. The van der Waals surface area contributed by atoms with Crippen LogP contribution < -0.4 is 5.56 Å². The molecule has 0 bridgehead atoms. The Bertz CT molecular complexity index is 1290. The topological polar surface area (TPSA) is 68.1 Å². The summed E-state index contributed by atoms with van der Waals surface area (Å²) in [6.07, 6.45) is 1.67. The van der Waals surface area contributed by atoms with Crippen LogP contribution in [0.1, 0.15) is 10.4 Å². The number of ether oxygens (including phenoxy) is 1. The highest BCUT2D eigenvalue weighted by Crippen LogP contribution is 2.29. The fourth-order valence-electron chi connectivity index (χ4n) is 3.12. The van der Waals surface area contributed by atoms with Crippen LogP contribution in [0, 0.1) is 0 Å². The number of fused-ring (bicyclic) bond motifs is 3. The Balaban J connectivity index is 1.94. The fraction of sp³-hybridized carbons (Fsp3) is 0.136. The molecule has 0 aliphatic carbocycles. The van der Waals surface area contributed by atoms with Crippen molar-refractivity contribution in [1.29, 1.82) is 0 Å². The number of pyridine rings is 2. The lowest BCUT2D eigenvalue weighted by atomic mass is 10.0. The Kier molecular flexibility index (Phi) is 4.90. The summed E-state index contributed by atoms with van der Waals surface area (Å²) in [5.74, 6) is -0.962. The van der Waals surface area contributed by atoms with E-state index in [-0.39, 0.29) is 23.6 Å². The first-order valence-electron chi connectivity index (χ1n) is 8.95. The highest BCUT2D eigenvalue weighted by Gasteiger charge is 2.21. The Hall–Kier alpha value is -3.45. The summed E-state index contributed by atoms with van der Waals surface area (Å²) in [7, 11) is 3.19. The molecule has 0 unspecified atom stereocenters. The number of thiophene rings is 1. The SMILES string of the molecule is CN(C)C(=O)COC(=O)c1cc(-c2ccccc2)c(=O)n2ccc3ccsc3c12. The Morgan fingerprint density at radius 1 is 1.10 bits per heavy atom. The molecule has 29 heavy (non-hydrogen) atoms. The molecule has 7 heteroatoms. The summed E-state index contributed by atoms with van der Waals surface area (Å²) in [6, 6.07) is 14.5. The first-order valence-corrected chi connectivity index (χ1v) is 9.83. The van der Waals surface area contributed by atoms with Gasteiger partial charge in [0.1, 0.15) is 0 Å². The molecule has 0 saturated heterocycles. The lowest BCUT2D eigenvalue weighted by Gasteiger charge is -2.13. The molecule has 1 amide bonds. The van der Waals surface area contributed by atoms with E-state index in [0.717, 1.165) is 10.1 Å². The fourth-order valence-corrected chi connectivity index (χ4v) is 4.06. The molecule has 4 rings (SSSR count). The van der Waals surface area contributed by atoms with Crippen LogP contribution in [0.5, 0.6) is 0 Å². The molecule has 4 aromatic rings. The van der Waals surface area contributed by atoms with E-state index in [4.69, 9.17) is 4.74 Å². The Morgan fingerprint density at radius 3 is 2.59 bits per heavy atom. The largest absolute Gasteiger partial charge is 0.452 e. The van der Waals surface area contributed by atoms with Gasteiger partial charge in [-0.1, -0.05) is 30.3 Å². The maximum absolute atomic E-state index is 13.2. The minimum absolute atomic E-state index is 0.220. The molecular weight excluding hydrogens is 388 g/mol. The quantitative estimate of drug-likeness (QED) is 0.487. The molecule has 0 fully saturated rings. The van der Waals surface area contributed by atoms with Crippen molar-refractivity contribution in [3.63, 3.8) is 0 Å². The molecule has 0 saturated carbocycles. The average molecular weight is 406 g/mol. The van der Waals surface area contributed by atoms with Gasteiger partial charge in [-0.25, -0.2) is 4.79 Å². The summed E-state index contributed by atoms with van der Waals surface area (Å²) in [5.41, 5.74) is 1.62. The van der Waals surface area contributed by atoms with Crippen LogP contribution in [-0.4, -0.2) is 41.9 Å². The zero-order valence-corrected chi connectivity index (χ0v) is 16.7. The molecular formula is C22H18N2O4S. The normalized spacial score (nSPS) is 11.0. The predicted molar refractivity (Wildman–Crippen MR) is 113 cm³/mol. The van der Waals surface area contributed by atoms with E-state index in [2.05, 4.69) is 0 Å². The Morgan fingerprint density at radius 2 is 1.86 bits per heavy atom. The van der Waals surface area contributed by atoms with Crippen LogP contribution in [0.2, 0.25) is 0 Å². The Labute approximate surface area is 170 Å². The van der Waals surface area contributed by atoms with Gasteiger partial charge >= 0.3 is 5.97 Å². The van der Waals surface area contributed by atoms with Crippen LogP contribution in [0.15, 0.2) is 64.9 Å². The molecule has 3 heterocycles. The lowest BCUT2D eigenvalue weighted by molar-refractivity contribution is -0.131. The van der Waals surface area contributed by atoms with Crippen molar-refractivity contribution < 1.29 is 14.3 Å². The van der Waals surface area contributed by atoms with Gasteiger partial charge < -0.3 is 9.64 Å². The molecule has 0 atom stereocenters. The van der Waals surface area contributed by atoms with Gasteiger partial charge in [0.15, 0.2) is 6.61 Å². The van der Waals surface area contributed by atoms with E-state index in [1.807, 2.05) is 47.8 Å². The van der Waals surface area contributed by atoms with Gasteiger partial charge in [0.25, 0.3) is 11.5 Å². The third kappa shape index (κ3) is 3.40. The number of likely N-dealkylation sites (N-methyl/N-ethyl adjacent to an activating group) is 1. The van der Waals surface area contributed by atoms with Crippen LogP contribution in [-0.2, 0) is 9.53 Å². The zero-order valence-electron chi connectivity index (χ0n) is 15.9. The molecule has 146 valence electrons. The minimum Gasteiger partial charge on any atom is -0.452 e. The van der Waals surface area contributed by atoms with Crippen molar-refractivity contribution in [2.75, 3.05) is 20.7 Å². The first-order chi connectivity index (χ1) is 14.0. The van der Waals surface area contributed by atoms with Gasteiger partial charge in [-0.3, -0.25) is 14.0 Å². The van der Waals surface area contributed by atoms with Gasteiger partial charge in [0, 0.05) is 25.9 Å². The predicted octanol–water partition coefficient (Wildman–Crippen LogP) is 3.43. The van der Waals surface area contributed by atoms with Gasteiger partial charge in [-0.05, 0) is 34.5 Å². The summed E-state index contributed by atoms with van der Waals surface area (Å²) < 4.78 is 7.57. The number of carbonyl (C=O) groups excluding carboxylic acids is 2. The van der Waals surface area contributed by atoms with Crippen molar-refractivity contribution in [3.8, 4) is 11.1 Å². The van der Waals surface area contributed by atoms with Crippen LogP contribution in [0.3, 0.4) is 0 Å². The van der Waals surface area contributed by atoms with E-state index in [1.54, 1.807) is 26.4 Å². The van der Waals surface area contributed by atoms with Gasteiger partial charge in [-0.15, -0.1) is 11.3 Å². The molecule has 0 spiro atoms. The van der Waals surface area contributed by atoms with Crippen molar-refractivity contribution in [1.82, 2.24) is 9.30 Å². The van der Waals surface area contributed by atoms with Gasteiger partial charge in [0.05, 0.1) is 15.8 Å². The highest BCUT2D eigenvalue weighted by atomic mass is 32.1. The molecule has 6 nitrogen and oxygen atoms in total. The summed E-state index contributed by atoms with van der Waals surface area (Å²) in [4.78, 5) is 39.3. The van der Waals surface area contributed by atoms with Gasteiger partial charge in [-0.2, -0.15) is 0 Å². The number of hydrogen-bond acceptors (Lipinski definition) is 5. The zero-order chi connectivity index (χ0) is 20.5. The number of hydrogen-bond donors (Lipinski definition) is 0. The van der Waals surface area contributed by atoms with E-state index in [1.165, 1.54) is 20.6 Å². The third-order valence-corrected chi connectivity index (χ3v) is 5.61. The number of esters is 1. The van der Waals surface area contributed by atoms with Crippen LogP contribution in [0.25, 0.3) is 26.7 Å². The molecule has 1 aromatic carbocycles. The average Bonchev–Trinajstić information content (AvgIpc) is 3.21. The number of aromatic nitrogens is 1. The number of benzene rings is 1. The number of rotatable bonds is 4. The molecule has 0 radical (unpaired) electrons.